The molecule has 1 spiro atoms. The predicted octanol–water partition coefficient (Wildman–Crippen LogP) is 3.69. The maximum Gasteiger partial charge on any atom is 0.305 e. The van der Waals surface area contributed by atoms with Crippen LogP contribution in [-0.2, 0) is 9.59 Å². The Kier molecular flexibility index (Phi) is 4.32. The van der Waals surface area contributed by atoms with E-state index < -0.39 is 17.8 Å². The zero-order chi connectivity index (χ0) is 16.6. The van der Waals surface area contributed by atoms with E-state index >= 15 is 0 Å². The van der Waals surface area contributed by atoms with Crippen molar-refractivity contribution in [2.24, 2.45) is 11.3 Å². The van der Waals surface area contributed by atoms with Gasteiger partial charge in [0.2, 0.25) is 5.91 Å². The summed E-state index contributed by atoms with van der Waals surface area (Å²) in [6, 6.07) is 3.38. The van der Waals surface area contributed by atoms with Crippen LogP contribution in [-0.4, -0.2) is 17.0 Å². The number of amides is 1. The van der Waals surface area contributed by atoms with Crippen LogP contribution in [0.3, 0.4) is 0 Å². The number of halogens is 2. The topological polar surface area (TPSA) is 66.4 Å². The number of rotatable bonds is 5. The molecular weight excluding hydrogens is 321 g/mol. The van der Waals surface area contributed by atoms with E-state index in [1.165, 1.54) is 12.1 Å². The van der Waals surface area contributed by atoms with Crippen LogP contribution in [0.15, 0.2) is 18.2 Å². The first-order chi connectivity index (χ1) is 10.9. The SMILES string of the molecule is O=C(O)CC(NC(=O)C1CC12CCCC2)c1ccc(Cl)c(F)c1. The first-order valence-electron chi connectivity index (χ1n) is 7.88. The number of hydrogen-bond acceptors (Lipinski definition) is 2. The fourth-order valence-electron chi connectivity index (χ4n) is 3.78. The van der Waals surface area contributed by atoms with E-state index in [1.807, 2.05) is 0 Å². The zero-order valence-electron chi connectivity index (χ0n) is 12.6. The number of benzene rings is 1. The molecule has 0 aliphatic heterocycles. The number of aliphatic carboxylic acids is 1. The largest absolute Gasteiger partial charge is 0.481 e. The minimum Gasteiger partial charge on any atom is -0.481 e. The summed E-state index contributed by atoms with van der Waals surface area (Å²) in [5, 5.41) is 11.8. The lowest BCUT2D eigenvalue weighted by atomic mass is 10.00. The maximum absolute atomic E-state index is 13.6. The highest BCUT2D eigenvalue weighted by molar-refractivity contribution is 6.30. The summed E-state index contributed by atoms with van der Waals surface area (Å²) in [6.07, 6.45) is 5.06. The van der Waals surface area contributed by atoms with Gasteiger partial charge in [0.1, 0.15) is 5.82 Å². The van der Waals surface area contributed by atoms with Crippen LogP contribution in [0.5, 0.6) is 0 Å². The molecule has 0 bridgehead atoms. The van der Waals surface area contributed by atoms with Gasteiger partial charge in [0.15, 0.2) is 0 Å². The lowest BCUT2D eigenvalue weighted by Crippen LogP contribution is -2.32. The molecule has 2 aliphatic rings. The van der Waals surface area contributed by atoms with E-state index in [2.05, 4.69) is 5.32 Å². The van der Waals surface area contributed by atoms with Gasteiger partial charge in [-0.15, -0.1) is 0 Å². The van der Waals surface area contributed by atoms with Gasteiger partial charge in [-0.3, -0.25) is 9.59 Å². The van der Waals surface area contributed by atoms with Gasteiger partial charge in [-0.05, 0) is 42.4 Å². The van der Waals surface area contributed by atoms with Crippen molar-refractivity contribution < 1.29 is 19.1 Å². The third kappa shape index (κ3) is 3.34. The van der Waals surface area contributed by atoms with Gasteiger partial charge >= 0.3 is 5.97 Å². The lowest BCUT2D eigenvalue weighted by Gasteiger charge is -2.19. The normalized spacial score (nSPS) is 22.8. The number of carbonyl (C=O) groups excluding carboxylic acids is 1. The van der Waals surface area contributed by atoms with E-state index in [0.717, 1.165) is 32.1 Å². The molecule has 2 N–H and O–H groups in total. The van der Waals surface area contributed by atoms with Crippen molar-refractivity contribution in [2.45, 2.75) is 44.6 Å². The number of hydrogen-bond donors (Lipinski definition) is 2. The molecular formula is C17H19ClFNO3. The molecule has 23 heavy (non-hydrogen) atoms. The van der Waals surface area contributed by atoms with Gasteiger partial charge < -0.3 is 10.4 Å². The molecule has 2 atom stereocenters. The van der Waals surface area contributed by atoms with Crippen molar-refractivity contribution in [1.82, 2.24) is 5.32 Å². The molecule has 4 nitrogen and oxygen atoms in total. The average Bonchev–Trinajstić information content (AvgIpc) is 2.98. The van der Waals surface area contributed by atoms with Gasteiger partial charge in [-0.2, -0.15) is 0 Å². The third-order valence-electron chi connectivity index (χ3n) is 5.15. The van der Waals surface area contributed by atoms with Gasteiger partial charge in [0.25, 0.3) is 0 Å². The van der Waals surface area contributed by atoms with Crippen molar-refractivity contribution in [3.63, 3.8) is 0 Å². The van der Waals surface area contributed by atoms with Crippen molar-refractivity contribution >= 4 is 23.5 Å². The Morgan fingerprint density at radius 1 is 1.39 bits per heavy atom. The van der Waals surface area contributed by atoms with Crippen LogP contribution < -0.4 is 5.32 Å². The molecule has 2 aliphatic carbocycles. The van der Waals surface area contributed by atoms with Crippen LogP contribution >= 0.6 is 11.6 Å². The predicted molar refractivity (Wildman–Crippen MR) is 83.6 cm³/mol. The van der Waals surface area contributed by atoms with Crippen LogP contribution in [0.1, 0.15) is 50.1 Å². The molecule has 0 aromatic heterocycles. The highest BCUT2D eigenvalue weighted by atomic mass is 35.5. The van der Waals surface area contributed by atoms with E-state index in [9.17, 15) is 14.0 Å². The maximum atomic E-state index is 13.6. The van der Waals surface area contributed by atoms with Gasteiger partial charge in [-0.25, -0.2) is 4.39 Å². The van der Waals surface area contributed by atoms with Gasteiger partial charge in [0, 0.05) is 5.92 Å². The molecule has 6 heteroatoms. The van der Waals surface area contributed by atoms with E-state index in [4.69, 9.17) is 16.7 Å². The highest BCUT2D eigenvalue weighted by Gasteiger charge is 2.58. The zero-order valence-corrected chi connectivity index (χ0v) is 13.4. The molecule has 2 unspecified atom stereocenters. The molecule has 0 heterocycles. The van der Waals surface area contributed by atoms with Crippen molar-refractivity contribution in [3.8, 4) is 0 Å². The van der Waals surface area contributed by atoms with Crippen molar-refractivity contribution in [2.75, 3.05) is 0 Å². The molecule has 0 radical (unpaired) electrons. The van der Waals surface area contributed by atoms with Crippen molar-refractivity contribution in [3.05, 3.63) is 34.6 Å². The molecule has 1 aromatic carbocycles. The minimum absolute atomic E-state index is 0.0266. The number of carboxylic acid groups (broad SMARTS) is 1. The molecule has 3 rings (SSSR count). The molecule has 2 fully saturated rings. The summed E-state index contributed by atoms with van der Waals surface area (Å²) in [5.41, 5.74) is 0.562. The first-order valence-corrected chi connectivity index (χ1v) is 8.26. The Hall–Kier alpha value is -1.62. The van der Waals surface area contributed by atoms with Crippen molar-refractivity contribution in [1.29, 1.82) is 0 Å². The Morgan fingerprint density at radius 3 is 2.70 bits per heavy atom. The monoisotopic (exact) mass is 339 g/mol. The van der Waals surface area contributed by atoms with E-state index in [1.54, 1.807) is 6.07 Å². The van der Waals surface area contributed by atoms with Crippen LogP contribution in [0.2, 0.25) is 5.02 Å². The Balaban J connectivity index is 1.73. The number of carbonyl (C=O) groups is 2. The molecule has 0 saturated heterocycles. The molecule has 1 aromatic rings. The van der Waals surface area contributed by atoms with Crippen LogP contribution in [0.25, 0.3) is 0 Å². The Bertz CT molecular complexity index is 643. The average molecular weight is 340 g/mol. The Labute approximate surface area is 139 Å². The quantitative estimate of drug-likeness (QED) is 0.859. The first kappa shape index (κ1) is 16.2. The minimum atomic E-state index is -1.04. The standard InChI is InChI=1S/C17H19ClFNO3/c18-12-4-3-10(7-13(12)19)14(8-15(21)22)20-16(23)11-9-17(11)5-1-2-6-17/h3-4,7,11,14H,1-2,5-6,8-9H2,(H,20,23)(H,21,22). The summed E-state index contributed by atoms with van der Waals surface area (Å²) >= 11 is 5.66. The second kappa shape index (κ2) is 6.11. The summed E-state index contributed by atoms with van der Waals surface area (Å²) < 4.78 is 13.6. The third-order valence-corrected chi connectivity index (χ3v) is 5.45. The summed E-state index contributed by atoms with van der Waals surface area (Å²) in [5.74, 6) is -1.81. The number of carboxylic acids is 1. The van der Waals surface area contributed by atoms with E-state index in [-0.39, 0.29) is 28.7 Å². The molecule has 124 valence electrons. The fourth-order valence-corrected chi connectivity index (χ4v) is 3.90. The highest BCUT2D eigenvalue weighted by Crippen LogP contribution is 2.62. The van der Waals surface area contributed by atoms with Crippen LogP contribution in [0.4, 0.5) is 4.39 Å². The molecule has 2 saturated carbocycles. The van der Waals surface area contributed by atoms with E-state index in [0.29, 0.717) is 5.56 Å². The second-order valence-corrected chi connectivity index (χ2v) is 7.07. The molecule has 1 amide bonds. The lowest BCUT2D eigenvalue weighted by molar-refractivity contribution is -0.137. The summed E-state index contributed by atoms with van der Waals surface area (Å²) in [6.45, 7) is 0. The summed E-state index contributed by atoms with van der Waals surface area (Å²) in [4.78, 5) is 23.5. The number of nitrogens with one attached hydrogen (secondary N) is 1. The fraction of sp³-hybridized carbons (Fsp3) is 0.529. The van der Waals surface area contributed by atoms with Gasteiger partial charge in [-0.1, -0.05) is 30.5 Å². The van der Waals surface area contributed by atoms with Gasteiger partial charge in [0.05, 0.1) is 17.5 Å². The van der Waals surface area contributed by atoms with Crippen LogP contribution in [0, 0.1) is 17.2 Å². The Morgan fingerprint density at radius 2 is 2.09 bits per heavy atom. The summed E-state index contributed by atoms with van der Waals surface area (Å²) in [7, 11) is 0. The second-order valence-electron chi connectivity index (χ2n) is 6.66. The smallest absolute Gasteiger partial charge is 0.305 e.